The molecule has 164 valence electrons. The summed E-state index contributed by atoms with van der Waals surface area (Å²) >= 11 is 10.8. The van der Waals surface area contributed by atoms with Gasteiger partial charge in [-0.3, -0.25) is 9.59 Å². The van der Waals surface area contributed by atoms with E-state index in [2.05, 4.69) is 38.0 Å². The Balaban J connectivity index is 1.60. The Morgan fingerprint density at radius 3 is 2.62 bits per heavy atom. The molecule has 0 atom stereocenters. The van der Waals surface area contributed by atoms with E-state index in [-0.39, 0.29) is 24.0 Å². The zero-order valence-corrected chi connectivity index (χ0v) is 20.2. The Morgan fingerprint density at radius 2 is 1.91 bits per heavy atom. The van der Waals surface area contributed by atoms with Gasteiger partial charge >= 0.3 is 0 Å². The number of allylic oxidation sites excluding steroid dienone is 1. The van der Waals surface area contributed by atoms with Crippen LogP contribution in [0, 0.1) is 0 Å². The lowest BCUT2D eigenvalue weighted by Crippen LogP contribution is -2.22. The number of benzene rings is 2. The highest BCUT2D eigenvalue weighted by Crippen LogP contribution is 2.20. The highest BCUT2D eigenvalue weighted by molar-refractivity contribution is 9.10. The van der Waals surface area contributed by atoms with Gasteiger partial charge in [0.25, 0.3) is 0 Å². The quantitative estimate of drug-likeness (QED) is 0.169. The van der Waals surface area contributed by atoms with Crippen LogP contribution in [-0.4, -0.2) is 32.2 Å². The second-order valence-corrected chi connectivity index (χ2v) is 8.85. The van der Waals surface area contributed by atoms with Crippen LogP contribution in [0.2, 0.25) is 5.02 Å². The summed E-state index contributed by atoms with van der Waals surface area (Å²) in [5, 5.41) is 12.3. The van der Waals surface area contributed by atoms with Crippen molar-refractivity contribution in [1.29, 1.82) is 0 Å². The average molecular weight is 532 g/mol. The number of rotatable bonds is 10. The summed E-state index contributed by atoms with van der Waals surface area (Å²) in [6, 6.07) is 14.5. The maximum Gasteiger partial charge on any atom is 0.244 e. The molecule has 0 spiro atoms. The van der Waals surface area contributed by atoms with Crippen molar-refractivity contribution in [3.63, 3.8) is 0 Å². The summed E-state index contributed by atoms with van der Waals surface area (Å²) in [5.74, 6) is 0.514. The number of amides is 1. The van der Waals surface area contributed by atoms with Crippen LogP contribution in [0.3, 0.4) is 0 Å². The topological polar surface area (TPSA) is 76.9 Å². The molecule has 3 aromatic rings. The van der Waals surface area contributed by atoms with Crippen molar-refractivity contribution < 1.29 is 9.59 Å². The van der Waals surface area contributed by atoms with Crippen LogP contribution in [0.25, 0.3) is 6.08 Å². The SMILES string of the molecule is C=CCn1c(CNC(=O)/C=C/c2ccccc2Cl)nnc1SCC(=O)c1ccc(Br)cc1. The van der Waals surface area contributed by atoms with E-state index in [4.69, 9.17) is 11.6 Å². The molecule has 0 aliphatic carbocycles. The Hall–Kier alpha value is -2.68. The van der Waals surface area contributed by atoms with Crippen LogP contribution in [0.5, 0.6) is 0 Å². The van der Waals surface area contributed by atoms with Crippen molar-refractivity contribution in [1.82, 2.24) is 20.1 Å². The highest BCUT2D eigenvalue weighted by Gasteiger charge is 2.15. The first kappa shape index (κ1) is 24.0. The van der Waals surface area contributed by atoms with Crippen molar-refractivity contribution >= 4 is 57.1 Å². The van der Waals surface area contributed by atoms with E-state index in [0.29, 0.717) is 28.1 Å². The number of halogens is 2. The normalized spacial score (nSPS) is 10.9. The third-order valence-corrected chi connectivity index (χ3v) is 6.18. The fourth-order valence-electron chi connectivity index (χ4n) is 2.72. The highest BCUT2D eigenvalue weighted by atomic mass is 79.9. The maximum atomic E-state index is 12.4. The molecule has 0 radical (unpaired) electrons. The fourth-order valence-corrected chi connectivity index (χ4v) is 4.04. The molecule has 0 unspecified atom stereocenters. The van der Waals surface area contributed by atoms with Crippen molar-refractivity contribution in [3.05, 3.63) is 93.7 Å². The molecular weight excluding hydrogens is 512 g/mol. The molecule has 3 rings (SSSR count). The molecule has 1 amide bonds. The minimum absolute atomic E-state index is 0.00443. The number of thioether (sulfide) groups is 1. The molecule has 0 bridgehead atoms. The zero-order chi connectivity index (χ0) is 22.9. The average Bonchev–Trinajstić information content (AvgIpc) is 3.17. The number of hydrogen-bond donors (Lipinski definition) is 1. The first-order valence-electron chi connectivity index (χ1n) is 9.63. The van der Waals surface area contributed by atoms with Gasteiger partial charge in [-0.1, -0.05) is 75.7 Å². The second-order valence-electron chi connectivity index (χ2n) is 6.59. The lowest BCUT2D eigenvalue weighted by Gasteiger charge is -2.08. The molecule has 1 aromatic heterocycles. The minimum Gasteiger partial charge on any atom is -0.345 e. The summed E-state index contributed by atoms with van der Waals surface area (Å²) in [6.45, 7) is 4.42. The van der Waals surface area contributed by atoms with Gasteiger partial charge in [0, 0.05) is 27.7 Å². The molecular formula is C23H20BrClN4O2S. The summed E-state index contributed by atoms with van der Waals surface area (Å²) in [7, 11) is 0. The number of hydrogen-bond acceptors (Lipinski definition) is 5. The van der Waals surface area contributed by atoms with Gasteiger partial charge in [0.2, 0.25) is 5.91 Å². The number of nitrogens with zero attached hydrogens (tertiary/aromatic N) is 3. The second kappa shape index (κ2) is 11.8. The van der Waals surface area contributed by atoms with Gasteiger partial charge in [0.15, 0.2) is 16.8 Å². The molecule has 1 heterocycles. The number of ketones is 1. The van der Waals surface area contributed by atoms with E-state index in [9.17, 15) is 9.59 Å². The Bertz CT molecular complexity index is 1150. The van der Waals surface area contributed by atoms with Crippen LogP contribution >= 0.6 is 39.3 Å². The third-order valence-electron chi connectivity index (χ3n) is 4.34. The number of carbonyl (C=O) groups excluding carboxylic acids is 2. The molecule has 1 N–H and O–H groups in total. The number of carbonyl (C=O) groups is 2. The van der Waals surface area contributed by atoms with Gasteiger partial charge in [-0.25, -0.2) is 0 Å². The standard InChI is InChI=1S/C23H20BrClN4O2S/c1-2-13-29-21(14-26-22(31)12-9-16-5-3-4-6-19(16)25)27-28-23(29)32-15-20(30)17-7-10-18(24)11-8-17/h2-12H,1,13-15H2,(H,26,31)/b12-9+. The number of aromatic nitrogens is 3. The molecule has 32 heavy (non-hydrogen) atoms. The van der Waals surface area contributed by atoms with E-state index in [1.165, 1.54) is 17.8 Å². The molecule has 6 nitrogen and oxygen atoms in total. The van der Waals surface area contributed by atoms with Crippen LogP contribution in [0.15, 0.2) is 76.9 Å². The largest absolute Gasteiger partial charge is 0.345 e. The lowest BCUT2D eigenvalue weighted by atomic mass is 10.2. The van der Waals surface area contributed by atoms with Gasteiger partial charge in [0.1, 0.15) is 0 Å². The van der Waals surface area contributed by atoms with E-state index < -0.39 is 0 Å². The molecule has 9 heteroatoms. The van der Waals surface area contributed by atoms with Crippen molar-refractivity contribution in [2.75, 3.05) is 5.75 Å². The van der Waals surface area contributed by atoms with E-state index in [1.807, 2.05) is 34.9 Å². The molecule has 0 fully saturated rings. The molecule has 0 aliphatic heterocycles. The van der Waals surface area contributed by atoms with Crippen LogP contribution in [-0.2, 0) is 17.9 Å². The van der Waals surface area contributed by atoms with Crippen molar-refractivity contribution in [2.45, 2.75) is 18.2 Å². The first-order valence-corrected chi connectivity index (χ1v) is 11.8. The molecule has 0 aliphatic rings. The van der Waals surface area contributed by atoms with Gasteiger partial charge < -0.3 is 9.88 Å². The summed E-state index contributed by atoms with van der Waals surface area (Å²) < 4.78 is 2.74. The first-order chi connectivity index (χ1) is 15.5. The van der Waals surface area contributed by atoms with E-state index in [1.54, 1.807) is 30.4 Å². The van der Waals surface area contributed by atoms with E-state index >= 15 is 0 Å². The summed E-state index contributed by atoms with van der Waals surface area (Å²) in [4.78, 5) is 24.6. The predicted molar refractivity (Wildman–Crippen MR) is 132 cm³/mol. The maximum absolute atomic E-state index is 12.4. The summed E-state index contributed by atoms with van der Waals surface area (Å²) in [6.07, 6.45) is 4.79. The van der Waals surface area contributed by atoms with Gasteiger partial charge in [-0.05, 0) is 29.8 Å². The molecule has 2 aromatic carbocycles. The van der Waals surface area contributed by atoms with Crippen LogP contribution < -0.4 is 5.32 Å². The van der Waals surface area contributed by atoms with Gasteiger partial charge in [0.05, 0.1) is 12.3 Å². The third kappa shape index (κ3) is 6.66. The smallest absolute Gasteiger partial charge is 0.244 e. The Kier molecular flexibility index (Phi) is 8.84. The monoisotopic (exact) mass is 530 g/mol. The van der Waals surface area contributed by atoms with Crippen LogP contribution in [0.4, 0.5) is 0 Å². The Labute approximate surface area is 203 Å². The zero-order valence-electron chi connectivity index (χ0n) is 17.0. The van der Waals surface area contributed by atoms with Crippen LogP contribution in [0.1, 0.15) is 21.7 Å². The van der Waals surface area contributed by atoms with Gasteiger partial charge in [-0.15, -0.1) is 16.8 Å². The van der Waals surface area contributed by atoms with Crippen molar-refractivity contribution in [3.8, 4) is 0 Å². The van der Waals surface area contributed by atoms with E-state index in [0.717, 1.165) is 10.0 Å². The fraction of sp³-hybridized carbons (Fsp3) is 0.130. The lowest BCUT2D eigenvalue weighted by molar-refractivity contribution is -0.116. The molecule has 0 saturated carbocycles. The number of Topliss-reactive ketones (excluding diaryl/α,β-unsaturated/α-hetero) is 1. The number of nitrogens with one attached hydrogen (secondary N) is 1. The van der Waals surface area contributed by atoms with Crippen molar-refractivity contribution in [2.24, 2.45) is 0 Å². The van der Waals surface area contributed by atoms with Gasteiger partial charge in [-0.2, -0.15) is 0 Å². The summed E-state index contributed by atoms with van der Waals surface area (Å²) in [5.41, 5.74) is 1.39. The Morgan fingerprint density at radius 1 is 1.16 bits per heavy atom. The molecule has 0 saturated heterocycles. The minimum atomic E-state index is -0.280. The predicted octanol–water partition coefficient (Wildman–Crippen LogP) is 5.18.